The van der Waals surface area contributed by atoms with Gasteiger partial charge in [0.25, 0.3) is 0 Å². The number of hydrogen-bond donors (Lipinski definition) is 2. The number of anilines is 2. The molecular weight excluding hydrogens is 271 g/mol. The van der Waals surface area contributed by atoms with Crippen molar-refractivity contribution in [3.8, 4) is 0 Å². The number of nitrogens with one attached hydrogen (secondary N) is 2. The predicted molar refractivity (Wildman–Crippen MR) is 71.5 cm³/mol. The summed E-state index contributed by atoms with van der Waals surface area (Å²) in [5.41, 5.74) is 0. The van der Waals surface area contributed by atoms with Crippen LogP contribution in [0.2, 0.25) is 0 Å². The zero-order chi connectivity index (χ0) is 13.9. The van der Waals surface area contributed by atoms with E-state index in [0.717, 1.165) is 6.20 Å². The van der Waals surface area contributed by atoms with Gasteiger partial charge >= 0.3 is 0 Å². The van der Waals surface area contributed by atoms with E-state index in [0.29, 0.717) is 25.3 Å². The number of hydrogen-bond acceptors (Lipinski definition) is 6. The lowest BCUT2D eigenvalue weighted by atomic mass is 10.2. The summed E-state index contributed by atoms with van der Waals surface area (Å²) in [6, 6.07) is -0.294. The summed E-state index contributed by atoms with van der Waals surface area (Å²) in [6.45, 7) is 2.51. The summed E-state index contributed by atoms with van der Waals surface area (Å²) >= 11 is 0. The second-order valence-electron chi connectivity index (χ2n) is 4.52. The van der Waals surface area contributed by atoms with E-state index in [-0.39, 0.29) is 23.4 Å². The lowest BCUT2D eigenvalue weighted by molar-refractivity contribution is 0.557. The molecule has 1 aromatic heterocycles. The Bertz CT molecular complexity index is 550. The van der Waals surface area contributed by atoms with Crippen LogP contribution in [0.25, 0.3) is 0 Å². The van der Waals surface area contributed by atoms with Crippen LogP contribution >= 0.6 is 0 Å². The highest BCUT2D eigenvalue weighted by atomic mass is 32.2. The third kappa shape index (κ3) is 3.76. The van der Waals surface area contributed by atoms with E-state index in [1.807, 2.05) is 6.92 Å². The van der Waals surface area contributed by atoms with Crippen molar-refractivity contribution in [1.29, 1.82) is 0 Å². The molecule has 1 aliphatic heterocycles. The van der Waals surface area contributed by atoms with Gasteiger partial charge in [0, 0.05) is 12.6 Å². The minimum absolute atomic E-state index is 0.0208. The third-order valence-electron chi connectivity index (χ3n) is 2.88. The molecule has 2 heterocycles. The van der Waals surface area contributed by atoms with Crippen LogP contribution in [0, 0.1) is 5.82 Å². The molecule has 106 valence electrons. The first kappa shape index (κ1) is 14.0. The van der Waals surface area contributed by atoms with Crippen molar-refractivity contribution in [2.75, 3.05) is 28.7 Å². The monoisotopic (exact) mass is 288 g/mol. The number of aromatic nitrogens is 2. The molecule has 0 saturated carbocycles. The van der Waals surface area contributed by atoms with Gasteiger partial charge in [-0.1, -0.05) is 0 Å². The molecule has 2 rings (SSSR count). The van der Waals surface area contributed by atoms with Crippen molar-refractivity contribution < 1.29 is 12.8 Å². The molecule has 0 spiro atoms. The van der Waals surface area contributed by atoms with E-state index in [1.165, 1.54) is 0 Å². The first-order valence-electron chi connectivity index (χ1n) is 6.23. The van der Waals surface area contributed by atoms with Crippen LogP contribution in [0.1, 0.15) is 19.8 Å². The molecule has 19 heavy (non-hydrogen) atoms. The zero-order valence-electron chi connectivity index (χ0n) is 10.7. The maximum atomic E-state index is 13.6. The standard InChI is InChI=1S/C11H17FN4O2S/c1-2-13-11-14-6-9(12)10(16-11)15-8-4-3-5-19(17,18)7-8/h6,8H,2-5,7H2,1H3,(H2,13,14,15,16). The largest absolute Gasteiger partial charge is 0.364 e. The fourth-order valence-corrected chi connectivity index (χ4v) is 3.68. The quantitative estimate of drug-likeness (QED) is 0.861. The minimum atomic E-state index is -3.03. The Hall–Kier alpha value is -1.44. The molecule has 1 aromatic rings. The van der Waals surface area contributed by atoms with Crippen molar-refractivity contribution in [3.63, 3.8) is 0 Å². The molecule has 1 saturated heterocycles. The van der Waals surface area contributed by atoms with Crippen molar-refractivity contribution in [3.05, 3.63) is 12.0 Å². The Morgan fingerprint density at radius 3 is 3.00 bits per heavy atom. The Labute approximate surface area is 111 Å². The molecule has 0 amide bonds. The van der Waals surface area contributed by atoms with E-state index in [4.69, 9.17) is 0 Å². The van der Waals surface area contributed by atoms with E-state index < -0.39 is 15.7 Å². The van der Waals surface area contributed by atoms with Crippen LogP contribution < -0.4 is 10.6 Å². The van der Waals surface area contributed by atoms with Crippen molar-refractivity contribution in [2.24, 2.45) is 0 Å². The van der Waals surface area contributed by atoms with Gasteiger partial charge in [-0.3, -0.25) is 0 Å². The smallest absolute Gasteiger partial charge is 0.224 e. The van der Waals surface area contributed by atoms with Crippen molar-refractivity contribution in [2.45, 2.75) is 25.8 Å². The topological polar surface area (TPSA) is 84.0 Å². The summed E-state index contributed by atoms with van der Waals surface area (Å²) in [7, 11) is -3.03. The average molecular weight is 288 g/mol. The van der Waals surface area contributed by atoms with Gasteiger partial charge in [-0.05, 0) is 19.8 Å². The summed E-state index contributed by atoms with van der Waals surface area (Å²) < 4.78 is 36.6. The molecule has 8 heteroatoms. The van der Waals surface area contributed by atoms with Gasteiger partial charge in [0.05, 0.1) is 17.7 Å². The van der Waals surface area contributed by atoms with Gasteiger partial charge in [-0.15, -0.1) is 0 Å². The molecule has 0 radical (unpaired) electrons. The highest BCUT2D eigenvalue weighted by molar-refractivity contribution is 7.91. The van der Waals surface area contributed by atoms with Gasteiger partial charge in [-0.25, -0.2) is 17.8 Å². The lowest BCUT2D eigenvalue weighted by Crippen LogP contribution is -2.35. The molecule has 2 N–H and O–H groups in total. The zero-order valence-corrected chi connectivity index (χ0v) is 11.5. The first-order valence-corrected chi connectivity index (χ1v) is 8.05. The van der Waals surface area contributed by atoms with Crippen LogP contribution in [0.4, 0.5) is 16.2 Å². The van der Waals surface area contributed by atoms with Crippen LogP contribution in [-0.4, -0.2) is 42.5 Å². The molecule has 0 aliphatic carbocycles. The maximum absolute atomic E-state index is 13.6. The Morgan fingerprint density at radius 2 is 2.32 bits per heavy atom. The molecule has 0 bridgehead atoms. The van der Waals surface area contributed by atoms with Crippen LogP contribution in [0.5, 0.6) is 0 Å². The van der Waals surface area contributed by atoms with Gasteiger partial charge in [0.15, 0.2) is 21.5 Å². The number of rotatable bonds is 4. The minimum Gasteiger partial charge on any atom is -0.364 e. The maximum Gasteiger partial charge on any atom is 0.224 e. The second kappa shape index (κ2) is 5.68. The highest BCUT2D eigenvalue weighted by Crippen LogP contribution is 2.19. The molecule has 1 aliphatic rings. The van der Waals surface area contributed by atoms with E-state index >= 15 is 0 Å². The van der Waals surface area contributed by atoms with Gasteiger partial charge in [0.2, 0.25) is 5.95 Å². The van der Waals surface area contributed by atoms with E-state index in [2.05, 4.69) is 20.6 Å². The normalized spacial score (nSPS) is 21.9. The predicted octanol–water partition coefficient (Wildman–Crippen LogP) is 1.04. The summed E-state index contributed by atoms with van der Waals surface area (Å²) in [5, 5.41) is 5.74. The number of nitrogens with zero attached hydrogens (tertiary/aromatic N) is 2. The lowest BCUT2D eigenvalue weighted by Gasteiger charge is -2.23. The van der Waals surface area contributed by atoms with Crippen LogP contribution in [0.15, 0.2) is 6.20 Å². The Kier molecular flexibility index (Phi) is 4.18. The fourth-order valence-electron chi connectivity index (χ4n) is 2.04. The average Bonchev–Trinajstić information content (AvgIpc) is 2.32. The van der Waals surface area contributed by atoms with E-state index in [1.54, 1.807) is 0 Å². The Morgan fingerprint density at radius 1 is 1.53 bits per heavy atom. The summed E-state index contributed by atoms with van der Waals surface area (Å²) in [4.78, 5) is 7.80. The first-order chi connectivity index (χ1) is 9.00. The molecular formula is C11H17FN4O2S. The SMILES string of the molecule is CCNc1ncc(F)c(NC2CCCS(=O)(=O)C2)n1. The van der Waals surface area contributed by atoms with Crippen molar-refractivity contribution in [1.82, 2.24) is 9.97 Å². The molecule has 1 unspecified atom stereocenters. The fraction of sp³-hybridized carbons (Fsp3) is 0.636. The molecule has 0 aromatic carbocycles. The Balaban J connectivity index is 2.11. The number of halogens is 1. The van der Waals surface area contributed by atoms with E-state index in [9.17, 15) is 12.8 Å². The molecule has 1 fully saturated rings. The summed E-state index contributed by atoms with van der Waals surface area (Å²) in [6.07, 6.45) is 2.36. The van der Waals surface area contributed by atoms with Crippen LogP contribution in [-0.2, 0) is 9.84 Å². The molecule has 1 atom stereocenters. The third-order valence-corrected chi connectivity index (χ3v) is 4.70. The highest BCUT2D eigenvalue weighted by Gasteiger charge is 2.25. The van der Waals surface area contributed by atoms with Gasteiger partial charge < -0.3 is 10.6 Å². The van der Waals surface area contributed by atoms with Gasteiger partial charge in [-0.2, -0.15) is 4.98 Å². The molecule has 6 nitrogen and oxygen atoms in total. The van der Waals surface area contributed by atoms with Gasteiger partial charge in [0.1, 0.15) is 0 Å². The van der Waals surface area contributed by atoms with Crippen LogP contribution in [0.3, 0.4) is 0 Å². The van der Waals surface area contributed by atoms with Crippen molar-refractivity contribution >= 4 is 21.6 Å². The second-order valence-corrected chi connectivity index (χ2v) is 6.75. The number of sulfone groups is 1. The summed E-state index contributed by atoms with van der Waals surface area (Å²) in [5.74, 6) is 0.0234.